The molecule has 122 valence electrons. The van der Waals surface area contributed by atoms with Crippen LogP contribution < -0.4 is 10.1 Å². The second-order valence-electron chi connectivity index (χ2n) is 5.04. The first-order valence-corrected chi connectivity index (χ1v) is 7.64. The molecule has 23 heavy (non-hydrogen) atoms. The molecule has 0 radical (unpaired) electrons. The van der Waals surface area contributed by atoms with Crippen LogP contribution in [0.15, 0.2) is 54.6 Å². The van der Waals surface area contributed by atoms with E-state index in [1.165, 1.54) is 12.1 Å². The maximum atomic E-state index is 13.0. The first-order chi connectivity index (χ1) is 11.2. The summed E-state index contributed by atoms with van der Waals surface area (Å²) in [4.78, 5) is 13.9. The Balaban J connectivity index is 1.74. The number of ether oxygens (including phenoxy) is 1. The highest BCUT2D eigenvalue weighted by atomic mass is 19.1. The highest BCUT2D eigenvalue weighted by molar-refractivity contribution is 5.74. The first-order valence-electron chi connectivity index (χ1n) is 7.64. The number of carbonyl (C=O) groups is 1. The molecule has 2 amide bonds. The van der Waals surface area contributed by atoms with Crippen molar-refractivity contribution in [2.45, 2.75) is 13.5 Å². The lowest BCUT2D eigenvalue weighted by molar-refractivity contribution is 0.195. The normalized spacial score (nSPS) is 10.2. The lowest BCUT2D eigenvalue weighted by Crippen LogP contribution is -2.41. The van der Waals surface area contributed by atoms with Crippen LogP contribution in [-0.2, 0) is 6.54 Å². The van der Waals surface area contributed by atoms with Crippen molar-refractivity contribution in [1.82, 2.24) is 10.2 Å². The molecule has 0 aliphatic carbocycles. The number of halogens is 1. The second kappa shape index (κ2) is 8.78. The summed E-state index contributed by atoms with van der Waals surface area (Å²) in [5, 5.41) is 2.81. The standard InChI is InChI=1S/C18H21FN2O2/c1-2-21(14-15-7-4-3-5-8-15)18(22)20-11-12-23-17-10-6-9-16(19)13-17/h3-10,13H,2,11-12,14H2,1H3,(H,20,22). The van der Waals surface area contributed by atoms with Crippen molar-refractivity contribution in [1.29, 1.82) is 0 Å². The summed E-state index contributed by atoms with van der Waals surface area (Å²) in [6.07, 6.45) is 0. The molecule has 0 heterocycles. The zero-order valence-corrected chi connectivity index (χ0v) is 13.2. The molecule has 0 unspecified atom stereocenters. The van der Waals surface area contributed by atoms with Gasteiger partial charge in [0.05, 0.1) is 6.54 Å². The maximum absolute atomic E-state index is 13.0. The van der Waals surface area contributed by atoms with E-state index in [1.54, 1.807) is 17.0 Å². The van der Waals surface area contributed by atoms with Crippen molar-refractivity contribution in [2.75, 3.05) is 19.7 Å². The van der Waals surface area contributed by atoms with E-state index in [9.17, 15) is 9.18 Å². The van der Waals surface area contributed by atoms with Gasteiger partial charge in [0.1, 0.15) is 18.2 Å². The van der Waals surface area contributed by atoms with Crippen molar-refractivity contribution >= 4 is 6.03 Å². The topological polar surface area (TPSA) is 41.6 Å². The lowest BCUT2D eigenvalue weighted by atomic mass is 10.2. The average molecular weight is 316 g/mol. The quantitative estimate of drug-likeness (QED) is 0.795. The van der Waals surface area contributed by atoms with Crippen LogP contribution in [0.2, 0.25) is 0 Å². The van der Waals surface area contributed by atoms with E-state index in [2.05, 4.69) is 5.32 Å². The largest absolute Gasteiger partial charge is 0.492 e. The van der Waals surface area contributed by atoms with E-state index >= 15 is 0 Å². The molecule has 0 aromatic heterocycles. The third-order valence-corrected chi connectivity index (χ3v) is 3.33. The summed E-state index contributed by atoms with van der Waals surface area (Å²) in [6.45, 7) is 3.77. The summed E-state index contributed by atoms with van der Waals surface area (Å²) in [6, 6.07) is 15.6. The Morgan fingerprint density at radius 1 is 1.17 bits per heavy atom. The summed E-state index contributed by atoms with van der Waals surface area (Å²) >= 11 is 0. The van der Waals surface area contributed by atoms with E-state index in [1.807, 2.05) is 37.3 Å². The van der Waals surface area contributed by atoms with Crippen LogP contribution in [0.25, 0.3) is 0 Å². The van der Waals surface area contributed by atoms with Crippen LogP contribution >= 0.6 is 0 Å². The molecule has 4 nitrogen and oxygen atoms in total. The fourth-order valence-electron chi connectivity index (χ4n) is 2.13. The molecule has 2 rings (SSSR count). The van der Waals surface area contributed by atoms with E-state index in [0.29, 0.717) is 25.4 Å². The van der Waals surface area contributed by atoms with Crippen molar-refractivity contribution in [3.8, 4) is 5.75 Å². The van der Waals surface area contributed by atoms with Crippen LogP contribution in [0.4, 0.5) is 9.18 Å². The van der Waals surface area contributed by atoms with Crippen molar-refractivity contribution < 1.29 is 13.9 Å². The summed E-state index contributed by atoms with van der Waals surface area (Å²) in [7, 11) is 0. The Labute approximate surface area is 135 Å². The number of carbonyl (C=O) groups excluding carboxylic acids is 1. The molecule has 0 bridgehead atoms. The zero-order chi connectivity index (χ0) is 16.5. The minimum Gasteiger partial charge on any atom is -0.492 e. The molecule has 0 saturated carbocycles. The van der Waals surface area contributed by atoms with Gasteiger partial charge >= 0.3 is 6.03 Å². The number of rotatable bonds is 7. The van der Waals surface area contributed by atoms with E-state index in [0.717, 1.165) is 5.56 Å². The third kappa shape index (κ3) is 5.62. The van der Waals surface area contributed by atoms with Gasteiger partial charge in [-0.1, -0.05) is 36.4 Å². The Bertz CT molecular complexity index is 619. The maximum Gasteiger partial charge on any atom is 0.317 e. The minimum atomic E-state index is -0.341. The number of hydrogen-bond acceptors (Lipinski definition) is 2. The summed E-state index contributed by atoms with van der Waals surface area (Å²) in [5.41, 5.74) is 1.08. The molecule has 2 aromatic carbocycles. The number of amides is 2. The molecule has 0 saturated heterocycles. The summed E-state index contributed by atoms with van der Waals surface area (Å²) < 4.78 is 18.4. The van der Waals surface area contributed by atoms with Gasteiger partial charge in [0.15, 0.2) is 0 Å². The van der Waals surface area contributed by atoms with E-state index in [4.69, 9.17) is 4.74 Å². The van der Waals surface area contributed by atoms with Crippen LogP contribution in [0.5, 0.6) is 5.75 Å². The average Bonchev–Trinajstić information content (AvgIpc) is 2.57. The number of nitrogens with zero attached hydrogens (tertiary/aromatic N) is 1. The van der Waals surface area contributed by atoms with Gasteiger partial charge in [-0.2, -0.15) is 0 Å². The van der Waals surface area contributed by atoms with Crippen LogP contribution in [0.1, 0.15) is 12.5 Å². The highest BCUT2D eigenvalue weighted by Gasteiger charge is 2.11. The van der Waals surface area contributed by atoms with Gasteiger partial charge in [-0.15, -0.1) is 0 Å². The van der Waals surface area contributed by atoms with Gasteiger partial charge in [0.2, 0.25) is 0 Å². The third-order valence-electron chi connectivity index (χ3n) is 3.33. The SMILES string of the molecule is CCN(Cc1ccccc1)C(=O)NCCOc1cccc(F)c1. The first kappa shape index (κ1) is 16.8. The van der Waals surface area contributed by atoms with Crippen molar-refractivity contribution in [3.05, 3.63) is 66.0 Å². The molecule has 1 N–H and O–H groups in total. The van der Waals surface area contributed by atoms with Gasteiger partial charge in [0, 0.05) is 19.2 Å². The van der Waals surface area contributed by atoms with Gasteiger partial charge in [-0.05, 0) is 24.6 Å². The van der Waals surface area contributed by atoms with Gasteiger partial charge in [0.25, 0.3) is 0 Å². The molecular weight excluding hydrogens is 295 g/mol. The fourth-order valence-corrected chi connectivity index (χ4v) is 2.13. The zero-order valence-electron chi connectivity index (χ0n) is 13.2. The molecule has 0 aliphatic heterocycles. The number of benzene rings is 2. The summed E-state index contributed by atoms with van der Waals surface area (Å²) in [5.74, 6) is 0.113. The van der Waals surface area contributed by atoms with Gasteiger partial charge < -0.3 is 15.0 Å². The molecule has 5 heteroatoms. The molecular formula is C18H21FN2O2. The monoisotopic (exact) mass is 316 g/mol. The lowest BCUT2D eigenvalue weighted by Gasteiger charge is -2.21. The van der Waals surface area contributed by atoms with E-state index in [-0.39, 0.29) is 18.5 Å². The molecule has 0 aliphatic rings. The predicted molar refractivity (Wildman–Crippen MR) is 87.8 cm³/mol. The highest BCUT2D eigenvalue weighted by Crippen LogP contribution is 2.11. The Kier molecular flexibility index (Phi) is 6.41. The molecule has 0 spiro atoms. The van der Waals surface area contributed by atoms with Crippen LogP contribution in [0.3, 0.4) is 0 Å². The molecule has 0 fully saturated rings. The number of urea groups is 1. The number of nitrogens with one attached hydrogen (secondary N) is 1. The fraction of sp³-hybridized carbons (Fsp3) is 0.278. The van der Waals surface area contributed by atoms with Crippen LogP contribution in [-0.4, -0.2) is 30.6 Å². The van der Waals surface area contributed by atoms with E-state index < -0.39 is 0 Å². The Morgan fingerprint density at radius 3 is 2.65 bits per heavy atom. The second-order valence-corrected chi connectivity index (χ2v) is 5.04. The Morgan fingerprint density at radius 2 is 1.96 bits per heavy atom. The predicted octanol–water partition coefficient (Wildman–Crippen LogP) is 3.44. The van der Waals surface area contributed by atoms with Crippen LogP contribution in [0, 0.1) is 5.82 Å². The smallest absolute Gasteiger partial charge is 0.317 e. The number of hydrogen-bond donors (Lipinski definition) is 1. The molecule has 2 aromatic rings. The minimum absolute atomic E-state index is 0.140. The van der Waals surface area contributed by atoms with Crippen molar-refractivity contribution in [3.63, 3.8) is 0 Å². The van der Waals surface area contributed by atoms with Gasteiger partial charge in [-0.25, -0.2) is 9.18 Å². The van der Waals surface area contributed by atoms with Gasteiger partial charge in [-0.3, -0.25) is 0 Å². The van der Waals surface area contributed by atoms with Crippen molar-refractivity contribution in [2.24, 2.45) is 0 Å². The molecule has 0 atom stereocenters. The Hall–Kier alpha value is -2.56.